The minimum absolute atomic E-state index is 0.0373. The van der Waals surface area contributed by atoms with Crippen LogP contribution in [-0.4, -0.2) is 34.2 Å². The van der Waals surface area contributed by atoms with Gasteiger partial charge in [0.1, 0.15) is 0 Å². The highest BCUT2D eigenvalue weighted by molar-refractivity contribution is 6.79. The molecule has 0 aromatic rings. The molecule has 0 bridgehead atoms. The van der Waals surface area contributed by atoms with Gasteiger partial charge in [-0.25, -0.2) is 0 Å². The first kappa shape index (κ1) is 21.2. The summed E-state index contributed by atoms with van der Waals surface area (Å²) in [4.78, 5) is 25.2. The molecule has 1 fully saturated rings. The number of hydrogen-bond acceptors (Lipinski definition) is 4. The summed E-state index contributed by atoms with van der Waals surface area (Å²) in [5.41, 5.74) is -1.12. The Labute approximate surface area is 148 Å². The molecule has 0 aromatic carbocycles. The van der Waals surface area contributed by atoms with Crippen molar-refractivity contribution in [3.63, 3.8) is 0 Å². The summed E-state index contributed by atoms with van der Waals surface area (Å²) in [7, 11) is 1.42. The van der Waals surface area contributed by atoms with Crippen molar-refractivity contribution in [2.45, 2.75) is 71.6 Å². The maximum Gasteiger partial charge on any atom is 0.323 e. The zero-order chi connectivity index (χ0) is 18.5. The molecule has 24 heavy (non-hydrogen) atoms. The number of hydrogen-bond donors (Lipinski definition) is 0. The van der Waals surface area contributed by atoms with Crippen LogP contribution in [0.2, 0.25) is 24.2 Å². The Kier molecular flexibility index (Phi) is 7.51. The van der Waals surface area contributed by atoms with Crippen LogP contribution in [0.3, 0.4) is 0 Å². The Bertz CT molecular complexity index is 420. The van der Waals surface area contributed by atoms with Crippen molar-refractivity contribution in [2.24, 2.45) is 23.2 Å². The Morgan fingerprint density at radius 3 is 1.79 bits per heavy atom. The van der Waals surface area contributed by atoms with Crippen LogP contribution in [0.5, 0.6) is 0 Å². The Balaban J connectivity index is 3.26. The van der Waals surface area contributed by atoms with Crippen LogP contribution >= 0.6 is 0 Å². The van der Waals surface area contributed by atoms with Crippen molar-refractivity contribution in [3.8, 4) is 0 Å². The average molecular weight is 357 g/mol. The van der Waals surface area contributed by atoms with Gasteiger partial charge in [-0.2, -0.15) is 0 Å². The van der Waals surface area contributed by atoms with E-state index in [-0.39, 0.29) is 5.92 Å². The first-order valence-corrected chi connectivity index (χ1v) is 12.3. The van der Waals surface area contributed by atoms with Gasteiger partial charge in [-0.1, -0.05) is 65.2 Å². The van der Waals surface area contributed by atoms with E-state index in [9.17, 15) is 9.59 Å². The Morgan fingerprint density at radius 2 is 1.46 bits per heavy atom. The van der Waals surface area contributed by atoms with Gasteiger partial charge in [0.2, 0.25) is 0 Å². The molecule has 0 saturated heterocycles. The van der Waals surface area contributed by atoms with Gasteiger partial charge < -0.3 is 9.47 Å². The molecular formula is C19H36O4Si. The van der Waals surface area contributed by atoms with E-state index in [1.54, 1.807) is 0 Å². The molecule has 0 aromatic heterocycles. The molecule has 1 aliphatic rings. The average Bonchev–Trinajstić information content (AvgIpc) is 2.90. The maximum atomic E-state index is 12.6. The van der Waals surface area contributed by atoms with Crippen molar-refractivity contribution in [1.29, 1.82) is 0 Å². The van der Waals surface area contributed by atoms with E-state index in [4.69, 9.17) is 9.47 Å². The van der Waals surface area contributed by atoms with E-state index in [1.165, 1.54) is 38.4 Å². The molecule has 4 nitrogen and oxygen atoms in total. The van der Waals surface area contributed by atoms with Crippen LogP contribution in [0.4, 0.5) is 0 Å². The molecule has 140 valence electrons. The van der Waals surface area contributed by atoms with Gasteiger partial charge in [0.15, 0.2) is 5.41 Å². The van der Waals surface area contributed by atoms with Crippen molar-refractivity contribution < 1.29 is 19.1 Å². The number of rotatable bonds is 8. The maximum absolute atomic E-state index is 12.6. The zero-order valence-electron chi connectivity index (χ0n) is 16.6. The third kappa shape index (κ3) is 3.42. The summed E-state index contributed by atoms with van der Waals surface area (Å²) in [6.45, 7) is 11.1. The summed E-state index contributed by atoms with van der Waals surface area (Å²) in [5.74, 6) is -0.0850. The molecule has 0 radical (unpaired) electrons. The van der Waals surface area contributed by atoms with E-state index < -0.39 is 25.4 Å². The second-order valence-corrected chi connectivity index (χ2v) is 13.1. The van der Waals surface area contributed by atoms with E-state index in [0.717, 1.165) is 6.42 Å². The van der Waals surface area contributed by atoms with Gasteiger partial charge in [0, 0.05) is 0 Å². The lowest BCUT2D eigenvalue weighted by atomic mass is 9.76. The van der Waals surface area contributed by atoms with Gasteiger partial charge in [-0.05, 0) is 24.2 Å². The molecule has 0 spiro atoms. The molecule has 0 aliphatic heterocycles. The lowest BCUT2D eigenvalue weighted by Gasteiger charge is -2.33. The zero-order valence-corrected chi connectivity index (χ0v) is 17.6. The van der Waals surface area contributed by atoms with E-state index in [2.05, 4.69) is 27.7 Å². The second-order valence-electron chi connectivity index (χ2n) is 7.54. The van der Waals surface area contributed by atoms with Gasteiger partial charge in [0.25, 0.3) is 0 Å². The van der Waals surface area contributed by atoms with Gasteiger partial charge >= 0.3 is 11.9 Å². The number of carbonyl (C=O) groups is 2. The van der Waals surface area contributed by atoms with Crippen molar-refractivity contribution in [1.82, 2.24) is 0 Å². The van der Waals surface area contributed by atoms with E-state index in [1.807, 2.05) is 6.92 Å². The summed E-state index contributed by atoms with van der Waals surface area (Å²) in [6.07, 6.45) is 1.57. The van der Waals surface area contributed by atoms with Crippen molar-refractivity contribution in [2.75, 3.05) is 14.2 Å². The van der Waals surface area contributed by atoms with Crippen LogP contribution < -0.4 is 0 Å². The molecule has 1 saturated carbocycles. The number of ether oxygens (including phenoxy) is 2. The number of esters is 2. The molecule has 0 N–H and O–H groups in total. The third-order valence-electron chi connectivity index (χ3n) is 7.13. The summed E-state index contributed by atoms with van der Waals surface area (Å²) in [5, 5.41) is 0. The Morgan fingerprint density at radius 1 is 1.00 bits per heavy atom. The first-order valence-electron chi connectivity index (χ1n) is 9.49. The summed E-state index contributed by atoms with van der Waals surface area (Å²) in [6, 6.07) is 5.01. The molecule has 5 heteroatoms. The van der Waals surface area contributed by atoms with Crippen LogP contribution in [0.1, 0.15) is 47.5 Å². The number of methoxy groups -OCH3 is 2. The normalized spacial score (nSPS) is 26.2. The van der Waals surface area contributed by atoms with Gasteiger partial charge in [-0.3, -0.25) is 9.59 Å². The Hall–Kier alpha value is -0.843. The van der Waals surface area contributed by atoms with E-state index in [0.29, 0.717) is 18.3 Å². The summed E-state index contributed by atoms with van der Waals surface area (Å²) < 4.78 is 10.1. The monoisotopic (exact) mass is 356 g/mol. The van der Waals surface area contributed by atoms with Gasteiger partial charge in [-0.15, -0.1) is 0 Å². The smallest absolute Gasteiger partial charge is 0.323 e. The van der Waals surface area contributed by atoms with Crippen molar-refractivity contribution >= 4 is 20.0 Å². The topological polar surface area (TPSA) is 52.6 Å². The van der Waals surface area contributed by atoms with E-state index >= 15 is 0 Å². The SMILES string of the molecule is CC[C@@H]1C(C)C(C(=O)OC)(C(=O)OC)C[C@H]1C[Si](CC)(CC)CC. The predicted octanol–water partition coefficient (Wildman–Crippen LogP) is 4.51. The molecule has 3 atom stereocenters. The third-order valence-corrected chi connectivity index (χ3v) is 13.0. The molecule has 0 heterocycles. The molecule has 1 rings (SSSR count). The van der Waals surface area contributed by atoms with Crippen LogP contribution in [0, 0.1) is 23.2 Å². The minimum Gasteiger partial charge on any atom is -0.468 e. The van der Waals surface area contributed by atoms with Crippen molar-refractivity contribution in [3.05, 3.63) is 0 Å². The van der Waals surface area contributed by atoms with Crippen LogP contribution in [0.25, 0.3) is 0 Å². The first-order chi connectivity index (χ1) is 11.3. The number of carbonyl (C=O) groups excluding carboxylic acids is 2. The minimum atomic E-state index is -1.33. The predicted molar refractivity (Wildman–Crippen MR) is 99.5 cm³/mol. The molecular weight excluding hydrogens is 320 g/mol. The molecule has 1 aliphatic carbocycles. The largest absolute Gasteiger partial charge is 0.468 e. The highest BCUT2D eigenvalue weighted by Gasteiger charge is 2.62. The lowest BCUT2D eigenvalue weighted by Crippen LogP contribution is -2.44. The fourth-order valence-electron chi connectivity index (χ4n) is 5.16. The highest BCUT2D eigenvalue weighted by atomic mass is 28.3. The molecule has 0 amide bonds. The fourth-order valence-corrected chi connectivity index (χ4v) is 9.09. The van der Waals surface area contributed by atoms with Crippen LogP contribution in [-0.2, 0) is 19.1 Å². The van der Waals surface area contributed by atoms with Crippen LogP contribution in [0.15, 0.2) is 0 Å². The lowest BCUT2D eigenvalue weighted by molar-refractivity contribution is -0.172. The van der Waals surface area contributed by atoms with Gasteiger partial charge in [0.05, 0.1) is 22.3 Å². The summed E-state index contributed by atoms with van der Waals surface area (Å²) >= 11 is 0. The molecule has 1 unspecified atom stereocenters. The highest BCUT2D eigenvalue weighted by Crippen LogP contribution is 2.55. The standard InChI is InChI=1S/C19H36O4Si/c1-8-16-14(5)19(17(20)22-6,18(21)23-7)12-15(16)13-24(9-2,10-3)11-4/h14-16H,8-13H2,1-7H3/t14?,15-,16+/m0/s1. The second kappa shape index (κ2) is 8.50. The fraction of sp³-hybridized carbons (Fsp3) is 0.895. The quantitative estimate of drug-likeness (QED) is 0.365.